The van der Waals surface area contributed by atoms with Gasteiger partial charge >= 0.3 is 0 Å². The molecular weight excluding hydrogens is 364 g/mol. The van der Waals surface area contributed by atoms with Gasteiger partial charge in [0.25, 0.3) is 0 Å². The maximum absolute atomic E-state index is 4.06. The van der Waals surface area contributed by atoms with Gasteiger partial charge in [0, 0.05) is 37.4 Å². The summed E-state index contributed by atoms with van der Waals surface area (Å²) in [6.07, 6.45) is 0. The van der Waals surface area contributed by atoms with Crippen molar-refractivity contribution < 1.29 is 0 Å². The summed E-state index contributed by atoms with van der Waals surface area (Å²) in [7, 11) is 4.14. The SMILES string of the molecule is C=c1ccc(=C(c2ccc(N(C)C)cc2)c2ccc(NCC)c3ccccc23)cc1. The first-order valence-electron chi connectivity index (χ1n) is 10.4. The third-order valence-electron chi connectivity index (χ3n) is 5.48. The van der Waals surface area contributed by atoms with Crippen molar-refractivity contribution in [2.24, 2.45) is 0 Å². The van der Waals surface area contributed by atoms with E-state index in [4.69, 9.17) is 0 Å². The molecule has 0 atom stereocenters. The Hall–Kier alpha value is -3.52. The fourth-order valence-corrected chi connectivity index (χ4v) is 3.94. The predicted molar refractivity (Wildman–Crippen MR) is 132 cm³/mol. The van der Waals surface area contributed by atoms with E-state index in [1.165, 1.54) is 44.1 Å². The second kappa shape index (κ2) is 8.46. The maximum atomic E-state index is 4.06. The molecule has 0 bridgehead atoms. The predicted octanol–water partition coefficient (Wildman–Crippen LogP) is 5.00. The molecule has 0 aromatic heterocycles. The molecule has 0 saturated heterocycles. The van der Waals surface area contributed by atoms with E-state index in [1.54, 1.807) is 0 Å². The second-order valence-corrected chi connectivity index (χ2v) is 7.75. The number of benzene rings is 4. The molecule has 4 aromatic carbocycles. The van der Waals surface area contributed by atoms with Crippen molar-refractivity contribution in [1.82, 2.24) is 0 Å². The minimum Gasteiger partial charge on any atom is -0.385 e. The number of hydrogen-bond donors (Lipinski definition) is 1. The van der Waals surface area contributed by atoms with Crippen molar-refractivity contribution in [2.45, 2.75) is 6.92 Å². The summed E-state index contributed by atoms with van der Waals surface area (Å²) >= 11 is 0. The number of fused-ring (bicyclic) bond motifs is 1. The monoisotopic (exact) mass is 392 g/mol. The van der Waals surface area contributed by atoms with Crippen LogP contribution in [0.4, 0.5) is 11.4 Å². The largest absolute Gasteiger partial charge is 0.385 e. The normalized spacial score (nSPS) is 10.8. The summed E-state index contributed by atoms with van der Waals surface area (Å²) in [4.78, 5) is 2.13. The zero-order chi connectivity index (χ0) is 21.1. The van der Waals surface area contributed by atoms with Crippen LogP contribution in [0.2, 0.25) is 0 Å². The van der Waals surface area contributed by atoms with E-state index < -0.39 is 0 Å². The van der Waals surface area contributed by atoms with Crippen LogP contribution >= 0.6 is 0 Å². The van der Waals surface area contributed by atoms with Crippen molar-refractivity contribution in [1.29, 1.82) is 0 Å². The Balaban J connectivity index is 2.03. The Bertz CT molecular complexity index is 1260. The number of nitrogens with one attached hydrogen (secondary N) is 1. The zero-order valence-electron chi connectivity index (χ0n) is 17.9. The summed E-state index contributed by atoms with van der Waals surface area (Å²) in [6.45, 7) is 7.09. The summed E-state index contributed by atoms with van der Waals surface area (Å²) in [5.74, 6) is 0. The molecule has 0 amide bonds. The van der Waals surface area contributed by atoms with E-state index in [1.807, 2.05) is 0 Å². The lowest BCUT2D eigenvalue weighted by Crippen LogP contribution is -2.12. The van der Waals surface area contributed by atoms with Gasteiger partial charge in [-0.2, -0.15) is 0 Å². The molecule has 30 heavy (non-hydrogen) atoms. The minimum absolute atomic E-state index is 0.900. The topological polar surface area (TPSA) is 15.3 Å². The van der Waals surface area contributed by atoms with Crippen LogP contribution in [0.15, 0.2) is 84.9 Å². The molecule has 0 aliphatic carbocycles. The lowest BCUT2D eigenvalue weighted by molar-refractivity contribution is 1.13. The maximum Gasteiger partial charge on any atom is 0.0420 e. The van der Waals surface area contributed by atoms with Gasteiger partial charge in [0.2, 0.25) is 0 Å². The van der Waals surface area contributed by atoms with Gasteiger partial charge in [0.15, 0.2) is 0 Å². The summed E-state index contributed by atoms with van der Waals surface area (Å²) < 4.78 is 0. The van der Waals surface area contributed by atoms with Crippen molar-refractivity contribution in [3.05, 3.63) is 106 Å². The highest BCUT2D eigenvalue weighted by atomic mass is 15.1. The average molecular weight is 393 g/mol. The van der Waals surface area contributed by atoms with Gasteiger partial charge in [-0.1, -0.05) is 73.3 Å². The molecule has 2 heteroatoms. The molecular formula is C28H28N2. The molecule has 0 saturated carbocycles. The number of hydrogen-bond acceptors (Lipinski definition) is 2. The molecule has 0 fully saturated rings. The Labute approximate surface area is 178 Å². The molecule has 150 valence electrons. The standard InChI is InChI=1S/C28H28N2/c1-5-29-27-19-18-26(24-8-6-7-9-25(24)27)28(21-12-10-20(2)11-13-21)22-14-16-23(17-15-22)30(3)4/h6-19,29H,2,5H2,1,3-4H3. The van der Waals surface area contributed by atoms with Crippen molar-refractivity contribution >= 4 is 34.3 Å². The zero-order valence-corrected chi connectivity index (χ0v) is 17.9. The highest BCUT2D eigenvalue weighted by Gasteiger charge is 2.12. The Morgan fingerprint density at radius 1 is 0.800 bits per heavy atom. The van der Waals surface area contributed by atoms with Gasteiger partial charge in [0.05, 0.1) is 0 Å². The van der Waals surface area contributed by atoms with E-state index in [0.29, 0.717) is 0 Å². The van der Waals surface area contributed by atoms with Gasteiger partial charge < -0.3 is 10.2 Å². The lowest BCUT2D eigenvalue weighted by atomic mass is 9.90. The third-order valence-corrected chi connectivity index (χ3v) is 5.48. The van der Waals surface area contributed by atoms with Crippen LogP contribution in [0.3, 0.4) is 0 Å². The van der Waals surface area contributed by atoms with Crippen molar-refractivity contribution in [3.8, 4) is 0 Å². The van der Waals surface area contributed by atoms with Crippen LogP contribution in [0.5, 0.6) is 0 Å². The fraction of sp³-hybridized carbons (Fsp3) is 0.143. The molecule has 0 spiro atoms. The highest BCUT2D eigenvalue weighted by Crippen LogP contribution is 2.33. The smallest absolute Gasteiger partial charge is 0.0420 e. The van der Waals surface area contributed by atoms with Gasteiger partial charge in [-0.05, 0) is 57.6 Å². The fourth-order valence-electron chi connectivity index (χ4n) is 3.94. The molecule has 4 aromatic rings. The van der Waals surface area contributed by atoms with Crippen LogP contribution in [-0.4, -0.2) is 20.6 Å². The first-order valence-corrected chi connectivity index (χ1v) is 10.4. The van der Waals surface area contributed by atoms with Gasteiger partial charge in [-0.15, -0.1) is 0 Å². The number of nitrogens with zero attached hydrogens (tertiary/aromatic N) is 1. The quantitative estimate of drug-likeness (QED) is 0.514. The molecule has 0 aliphatic rings. The lowest BCUT2D eigenvalue weighted by Gasteiger charge is -2.17. The van der Waals surface area contributed by atoms with Gasteiger partial charge in [-0.25, -0.2) is 0 Å². The van der Waals surface area contributed by atoms with Crippen LogP contribution in [0, 0.1) is 0 Å². The Morgan fingerprint density at radius 3 is 2.10 bits per heavy atom. The van der Waals surface area contributed by atoms with Gasteiger partial charge in [0.1, 0.15) is 0 Å². The Kier molecular flexibility index (Phi) is 5.58. The summed E-state index contributed by atoms with van der Waals surface area (Å²) in [5.41, 5.74) is 6.05. The molecule has 0 aliphatic heterocycles. The second-order valence-electron chi connectivity index (χ2n) is 7.75. The minimum atomic E-state index is 0.900. The molecule has 0 radical (unpaired) electrons. The van der Waals surface area contributed by atoms with E-state index in [-0.39, 0.29) is 0 Å². The molecule has 0 heterocycles. The highest BCUT2D eigenvalue weighted by molar-refractivity contribution is 6.03. The van der Waals surface area contributed by atoms with E-state index in [9.17, 15) is 0 Å². The van der Waals surface area contributed by atoms with E-state index in [2.05, 4.69) is 123 Å². The van der Waals surface area contributed by atoms with E-state index >= 15 is 0 Å². The van der Waals surface area contributed by atoms with Crippen LogP contribution < -0.4 is 20.7 Å². The van der Waals surface area contributed by atoms with Gasteiger partial charge in [-0.3, -0.25) is 0 Å². The summed E-state index contributed by atoms with van der Waals surface area (Å²) in [5, 5.41) is 8.21. The molecule has 0 unspecified atom stereocenters. The van der Waals surface area contributed by atoms with Crippen molar-refractivity contribution in [2.75, 3.05) is 30.9 Å². The first-order chi connectivity index (χ1) is 14.6. The first kappa shape index (κ1) is 19.8. The van der Waals surface area contributed by atoms with Crippen molar-refractivity contribution in [3.63, 3.8) is 0 Å². The van der Waals surface area contributed by atoms with Crippen LogP contribution in [0.25, 0.3) is 22.9 Å². The molecule has 4 rings (SSSR count). The van der Waals surface area contributed by atoms with Crippen LogP contribution in [-0.2, 0) is 0 Å². The van der Waals surface area contributed by atoms with E-state index in [0.717, 1.165) is 11.8 Å². The molecule has 2 nitrogen and oxygen atoms in total. The molecule has 1 N–H and O–H groups in total. The Morgan fingerprint density at radius 2 is 1.47 bits per heavy atom. The summed E-state index contributed by atoms with van der Waals surface area (Å²) in [6, 6.07) is 30.4. The third kappa shape index (κ3) is 3.81. The van der Waals surface area contributed by atoms with Crippen LogP contribution in [0.1, 0.15) is 18.1 Å². The average Bonchev–Trinajstić information content (AvgIpc) is 2.77. The number of anilines is 2. The number of rotatable bonds is 5.